The predicted molar refractivity (Wildman–Crippen MR) is 67.0 cm³/mol. The van der Waals surface area contributed by atoms with Gasteiger partial charge in [0.05, 0.1) is 11.1 Å². The van der Waals surface area contributed by atoms with Gasteiger partial charge in [-0.2, -0.15) is 0 Å². The molecule has 20 heavy (non-hydrogen) atoms. The average molecular weight is 268 g/mol. The minimum absolute atomic E-state index is 0.122. The quantitative estimate of drug-likeness (QED) is 0.543. The fourth-order valence-electron chi connectivity index (χ4n) is 2.34. The summed E-state index contributed by atoms with van der Waals surface area (Å²) in [7, 11) is 0. The van der Waals surface area contributed by atoms with Gasteiger partial charge in [0.25, 0.3) is 0 Å². The molecule has 5 nitrogen and oxygen atoms in total. The maximum atomic E-state index is 12.0. The molecule has 0 unspecified atom stereocenters. The Morgan fingerprint density at radius 1 is 0.800 bits per heavy atom. The van der Waals surface area contributed by atoms with E-state index in [1.807, 2.05) is 0 Å². The molecule has 0 spiro atoms. The minimum atomic E-state index is -0.482. The number of hydrogen-bond donors (Lipinski definition) is 0. The molecule has 2 aliphatic heterocycles. The molecule has 0 saturated carbocycles. The summed E-state index contributed by atoms with van der Waals surface area (Å²) in [5.74, 6) is 0.193. The predicted octanol–water partition coefficient (Wildman–Crippen LogP) is 2.68. The lowest BCUT2D eigenvalue weighted by molar-refractivity contribution is 0.0533. The highest BCUT2D eigenvalue weighted by Gasteiger charge is 2.31. The van der Waals surface area contributed by atoms with Crippen molar-refractivity contribution < 1.29 is 23.8 Å². The van der Waals surface area contributed by atoms with Crippen LogP contribution in [0.2, 0.25) is 0 Å². The zero-order valence-corrected chi connectivity index (χ0v) is 10.2. The van der Waals surface area contributed by atoms with Gasteiger partial charge < -0.3 is 14.2 Å². The number of carbonyl (C=O) groups is 2. The highest BCUT2D eigenvalue weighted by Crippen LogP contribution is 2.43. The highest BCUT2D eigenvalue weighted by molar-refractivity contribution is 5.98. The molecule has 0 N–H and O–H groups in total. The van der Waals surface area contributed by atoms with Gasteiger partial charge in [0, 0.05) is 0 Å². The lowest BCUT2D eigenvalue weighted by atomic mass is 10.1. The highest BCUT2D eigenvalue weighted by atomic mass is 16.6. The summed E-state index contributed by atoms with van der Waals surface area (Å²) in [4.78, 5) is 23.6. The Bertz CT molecular complexity index is 763. The molecule has 0 aromatic heterocycles. The number of para-hydroxylation sites is 1. The standard InChI is InChI=1S/C15H8O5/c16-14-8-5-6-12-13(10(8)7-18-14)19-11-4-2-1-3-9(11)15(17)20-12/h1-6H,7H2. The molecule has 0 fully saturated rings. The number of esters is 2. The van der Waals surface area contributed by atoms with E-state index in [4.69, 9.17) is 14.2 Å². The van der Waals surface area contributed by atoms with Crippen LogP contribution in [0.15, 0.2) is 36.4 Å². The fourth-order valence-corrected chi connectivity index (χ4v) is 2.34. The zero-order valence-electron chi connectivity index (χ0n) is 10.2. The summed E-state index contributed by atoms with van der Waals surface area (Å²) < 4.78 is 16.1. The molecule has 0 bridgehead atoms. The van der Waals surface area contributed by atoms with Crippen LogP contribution in [0.5, 0.6) is 17.2 Å². The molecule has 2 aliphatic rings. The third-order valence-corrected chi connectivity index (χ3v) is 3.31. The molecule has 2 heterocycles. The monoisotopic (exact) mass is 268 g/mol. The Morgan fingerprint density at radius 2 is 1.65 bits per heavy atom. The first-order valence-electron chi connectivity index (χ1n) is 6.06. The van der Waals surface area contributed by atoms with Gasteiger partial charge in [0.15, 0.2) is 11.5 Å². The van der Waals surface area contributed by atoms with E-state index < -0.39 is 11.9 Å². The number of fused-ring (bicyclic) bond motifs is 4. The van der Waals surface area contributed by atoms with Crippen molar-refractivity contribution in [3.05, 3.63) is 53.1 Å². The molecule has 0 aliphatic carbocycles. The van der Waals surface area contributed by atoms with Crippen molar-refractivity contribution in [2.45, 2.75) is 6.61 Å². The average Bonchev–Trinajstić information content (AvgIpc) is 2.76. The van der Waals surface area contributed by atoms with E-state index >= 15 is 0 Å². The second-order valence-corrected chi connectivity index (χ2v) is 4.48. The summed E-state index contributed by atoms with van der Waals surface area (Å²) >= 11 is 0. The maximum absolute atomic E-state index is 12.0. The number of hydrogen-bond acceptors (Lipinski definition) is 5. The van der Waals surface area contributed by atoms with Crippen LogP contribution in [0.1, 0.15) is 26.3 Å². The topological polar surface area (TPSA) is 61.8 Å². The van der Waals surface area contributed by atoms with E-state index in [0.29, 0.717) is 33.9 Å². The van der Waals surface area contributed by atoms with Crippen molar-refractivity contribution in [3.8, 4) is 17.2 Å². The molecule has 0 radical (unpaired) electrons. The molecule has 0 saturated heterocycles. The van der Waals surface area contributed by atoms with Crippen LogP contribution in [0.3, 0.4) is 0 Å². The van der Waals surface area contributed by atoms with Gasteiger partial charge in [-0.05, 0) is 24.3 Å². The Balaban J connectivity index is 1.94. The largest absolute Gasteiger partial charge is 0.457 e. The zero-order chi connectivity index (χ0) is 13.7. The number of ether oxygens (including phenoxy) is 3. The van der Waals surface area contributed by atoms with Gasteiger partial charge in [-0.25, -0.2) is 9.59 Å². The van der Waals surface area contributed by atoms with Crippen LogP contribution in [-0.4, -0.2) is 11.9 Å². The van der Waals surface area contributed by atoms with Crippen molar-refractivity contribution in [2.75, 3.05) is 0 Å². The SMILES string of the molecule is O=C1Oc2ccc3c(c2Oc2ccccc21)COC3=O. The molecule has 98 valence electrons. The Kier molecular flexibility index (Phi) is 2.12. The Hall–Kier alpha value is -2.82. The van der Waals surface area contributed by atoms with E-state index in [2.05, 4.69) is 0 Å². The van der Waals surface area contributed by atoms with Crippen LogP contribution in [0.4, 0.5) is 0 Å². The molecule has 5 heteroatoms. The minimum Gasteiger partial charge on any atom is -0.457 e. The van der Waals surface area contributed by atoms with Crippen molar-refractivity contribution in [1.82, 2.24) is 0 Å². The van der Waals surface area contributed by atoms with Gasteiger partial charge in [0.2, 0.25) is 0 Å². The molecular weight excluding hydrogens is 260 g/mol. The third kappa shape index (κ3) is 1.43. The Morgan fingerprint density at radius 3 is 2.55 bits per heavy atom. The van der Waals surface area contributed by atoms with Crippen molar-refractivity contribution in [2.24, 2.45) is 0 Å². The van der Waals surface area contributed by atoms with Gasteiger partial charge in [-0.3, -0.25) is 0 Å². The second-order valence-electron chi connectivity index (χ2n) is 4.48. The molecule has 2 aromatic rings. The van der Waals surface area contributed by atoms with E-state index in [-0.39, 0.29) is 6.61 Å². The van der Waals surface area contributed by atoms with Crippen LogP contribution in [0.25, 0.3) is 0 Å². The summed E-state index contributed by atoms with van der Waals surface area (Å²) in [6.07, 6.45) is 0. The summed E-state index contributed by atoms with van der Waals surface area (Å²) in [6, 6.07) is 9.94. The molecule has 2 aromatic carbocycles. The smallest absolute Gasteiger partial charge is 0.347 e. The van der Waals surface area contributed by atoms with E-state index in [0.717, 1.165) is 0 Å². The lowest BCUT2D eigenvalue weighted by Crippen LogP contribution is -2.06. The fraction of sp³-hybridized carbons (Fsp3) is 0.0667. The molecule has 0 atom stereocenters. The Labute approximate surface area is 113 Å². The van der Waals surface area contributed by atoms with Crippen LogP contribution >= 0.6 is 0 Å². The van der Waals surface area contributed by atoms with E-state index in [1.54, 1.807) is 36.4 Å². The second kappa shape index (κ2) is 3.84. The first-order chi connectivity index (χ1) is 9.74. The first-order valence-corrected chi connectivity index (χ1v) is 6.06. The van der Waals surface area contributed by atoms with Gasteiger partial charge in [-0.1, -0.05) is 12.1 Å². The van der Waals surface area contributed by atoms with Gasteiger partial charge >= 0.3 is 11.9 Å². The summed E-state index contributed by atoms with van der Waals surface area (Å²) in [6.45, 7) is 0.122. The third-order valence-electron chi connectivity index (χ3n) is 3.31. The van der Waals surface area contributed by atoms with Crippen LogP contribution < -0.4 is 9.47 Å². The van der Waals surface area contributed by atoms with Crippen molar-refractivity contribution in [3.63, 3.8) is 0 Å². The molecule has 0 amide bonds. The van der Waals surface area contributed by atoms with E-state index in [1.165, 1.54) is 0 Å². The number of cyclic esters (lactones) is 1. The normalized spacial score (nSPS) is 15.2. The molecule has 4 rings (SSSR count). The number of rotatable bonds is 0. The van der Waals surface area contributed by atoms with Crippen molar-refractivity contribution in [1.29, 1.82) is 0 Å². The maximum Gasteiger partial charge on any atom is 0.347 e. The van der Waals surface area contributed by atoms with Gasteiger partial charge in [-0.15, -0.1) is 0 Å². The first kappa shape index (κ1) is 11.0. The summed E-state index contributed by atoms with van der Waals surface area (Å²) in [5.41, 5.74) is 1.40. The molecular formula is C15H8O5. The summed E-state index contributed by atoms with van der Waals surface area (Å²) in [5, 5.41) is 0. The lowest BCUT2D eigenvalue weighted by Gasteiger charge is -2.09. The van der Waals surface area contributed by atoms with Crippen LogP contribution in [0, 0.1) is 0 Å². The van der Waals surface area contributed by atoms with Crippen LogP contribution in [-0.2, 0) is 11.3 Å². The van der Waals surface area contributed by atoms with Gasteiger partial charge in [0.1, 0.15) is 17.9 Å². The van der Waals surface area contributed by atoms with E-state index in [9.17, 15) is 9.59 Å². The number of benzene rings is 2. The number of carbonyl (C=O) groups excluding carboxylic acids is 2. The van der Waals surface area contributed by atoms with Crippen molar-refractivity contribution >= 4 is 11.9 Å².